The predicted molar refractivity (Wildman–Crippen MR) is 117 cm³/mol. The second-order valence-corrected chi connectivity index (χ2v) is 8.34. The molecule has 0 nitrogen and oxygen atoms in total. The zero-order valence-electron chi connectivity index (χ0n) is 15.8. The fourth-order valence-corrected chi connectivity index (χ4v) is 5.01. The van der Waals surface area contributed by atoms with Gasteiger partial charge >= 0.3 is 21.7 Å². The third-order valence-corrected chi connectivity index (χ3v) is 6.76. The number of aryl methyl sites for hydroxylation is 1. The summed E-state index contributed by atoms with van der Waals surface area (Å²) in [5.74, 6) is 0. The maximum Gasteiger partial charge on any atom is 2.00 e. The van der Waals surface area contributed by atoms with Crippen LogP contribution in [0.1, 0.15) is 31.2 Å². The smallest absolute Gasteiger partial charge is 0.193 e. The van der Waals surface area contributed by atoms with Crippen LogP contribution in [0.5, 0.6) is 0 Å². The van der Waals surface area contributed by atoms with E-state index in [4.69, 9.17) is 0 Å². The van der Waals surface area contributed by atoms with Gasteiger partial charge in [0, 0.05) is 0 Å². The Bertz CT molecular complexity index is 961. The molecule has 27 heavy (non-hydrogen) atoms. The van der Waals surface area contributed by atoms with E-state index in [0.717, 1.165) is 8.58 Å². The normalized spacial score (nSPS) is 15.3. The van der Waals surface area contributed by atoms with Gasteiger partial charge in [0.1, 0.15) is 0 Å². The average molecular weight is 404 g/mol. The Kier molecular flexibility index (Phi) is 7.25. The van der Waals surface area contributed by atoms with E-state index in [1.807, 2.05) is 0 Å². The molecule has 0 fully saturated rings. The second kappa shape index (κ2) is 9.65. The molecule has 2 aliphatic carbocycles. The largest absolute Gasteiger partial charge is 2.00 e. The molecule has 134 valence electrons. The van der Waals surface area contributed by atoms with E-state index >= 15 is 0 Å². The molecule has 3 aromatic rings. The first-order chi connectivity index (χ1) is 12.8. The summed E-state index contributed by atoms with van der Waals surface area (Å²) in [6.45, 7) is 2.19. The van der Waals surface area contributed by atoms with Crippen LogP contribution in [-0.4, -0.2) is 0 Å². The molecule has 0 saturated heterocycles. The molecule has 0 radical (unpaired) electrons. The van der Waals surface area contributed by atoms with Crippen molar-refractivity contribution in [2.75, 3.05) is 0 Å². The molecule has 0 spiro atoms. The number of benzene rings is 2. The predicted octanol–water partition coefficient (Wildman–Crippen LogP) is 6.13. The van der Waals surface area contributed by atoms with Crippen LogP contribution in [0.25, 0.3) is 10.8 Å². The van der Waals surface area contributed by atoms with E-state index in [1.165, 1.54) is 58.2 Å². The summed E-state index contributed by atoms with van der Waals surface area (Å²) in [7, 11) is 0.754. The van der Waals surface area contributed by atoms with Gasteiger partial charge in [0.2, 0.25) is 0 Å². The van der Waals surface area contributed by atoms with Crippen LogP contribution in [0.3, 0.4) is 0 Å². The molecule has 2 heteroatoms. The topological polar surface area (TPSA) is 0 Å². The first-order valence-corrected chi connectivity index (χ1v) is 10.5. The second-order valence-electron chi connectivity index (χ2n) is 7.02. The molecule has 0 saturated carbocycles. The van der Waals surface area contributed by atoms with Crippen LogP contribution in [0.2, 0.25) is 0 Å². The van der Waals surface area contributed by atoms with Crippen LogP contribution in [0.15, 0.2) is 84.0 Å². The molecule has 0 N–H and O–H groups in total. The first kappa shape index (κ1) is 20.3. The maximum absolute atomic E-state index is 2.35. The van der Waals surface area contributed by atoms with E-state index in [0.29, 0.717) is 0 Å². The maximum atomic E-state index is 2.35. The molecule has 0 aliphatic heterocycles. The van der Waals surface area contributed by atoms with Crippen LogP contribution in [-0.2, 0) is 21.7 Å². The van der Waals surface area contributed by atoms with E-state index in [-0.39, 0.29) is 21.7 Å². The van der Waals surface area contributed by atoms with Crippen molar-refractivity contribution in [3.05, 3.63) is 95.9 Å². The average Bonchev–Trinajstić information content (AvgIpc) is 3.31. The number of allylic oxidation sites excluding steroid dienone is 4. The fraction of sp³-hybridized carbons (Fsp3) is 0.200. The van der Waals surface area contributed by atoms with Gasteiger partial charge in [-0.05, 0) is 17.8 Å². The molecule has 0 aromatic heterocycles. The Balaban J connectivity index is 0.000000178. The SMILES string of the molecule is C1=CC2=C(CC1)CC[CH-]2.Cc1ccccc1P[c-]1ccc2ccccc21.[Ti+2]. The zero-order chi connectivity index (χ0) is 17.8. The van der Waals surface area contributed by atoms with Gasteiger partial charge in [-0.25, -0.2) is 0 Å². The molecule has 0 amide bonds. The van der Waals surface area contributed by atoms with Gasteiger partial charge in [-0.15, -0.1) is 55.0 Å². The fourth-order valence-electron chi connectivity index (χ4n) is 3.73. The Labute approximate surface area is 179 Å². The standard InChI is InChI=1S/C16H14P.C9H11.Ti/c1-12-6-2-5-9-15(12)17-16-11-10-13-7-3-4-8-14(13)16;1-2-5-9-7-3-6-8(9)4-1;/h2-11,17H,1H3;1,4,6H,2-3,5,7H2;/q2*-1;+2. The van der Waals surface area contributed by atoms with E-state index in [2.05, 4.69) is 86.2 Å². The summed E-state index contributed by atoms with van der Waals surface area (Å²) in [5.41, 5.74) is 4.61. The molecular weight excluding hydrogens is 379 g/mol. The van der Waals surface area contributed by atoms with Gasteiger partial charge in [-0.1, -0.05) is 56.0 Å². The summed E-state index contributed by atoms with van der Waals surface area (Å²) in [6.07, 6.45) is 12.1. The van der Waals surface area contributed by atoms with Crippen LogP contribution >= 0.6 is 8.58 Å². The molecule has 0 heterocycles. The summed E-state index contributed by atoms with van der Waals surface area (Å²) in [5, 5.41) is 5.65. The quantitative estimate of drug-likeness (QED) is 0.274. The van der Waals surface area contributed by atoms with Crippen LogP contribution in [0.4, 0.5) is 0 Å². The number of hydrogen-bond donors (Lipinski definition) is 0. The summed E-state index contributed by atoms with van der Waals surface area (Å²) in [6, 6.07) is 21.7. The minimum Gasteiger partial charge on any atom is -0.193 e. The van der Waals surface area contributed by atoms with Crippen molar-refractivity contribution in [1.82, 2.24) is 0 Å². The summed E-state index contributed by atoms with van der Waals surface area (Å²) < 4.78 is 0. The Morgan fingerprint density at radius 3 is 2.63 bits per heavy atom. The number of fused-ring (bicyclic) bond motifs is 1. The molecular formula is C25H25PTi. The molecule has 1 unspecified atom stereocenters. The van der Waals surface area contributed by atoms with Gasteiger partial charge < -0.3 is 0 Å². The number of hydrogen-bond acceptors (Lipinski definition) is 0. The summed E-state index contributed by atoms with van der Waals surface area (Å²) >= 11 is 0. The third kappa shape index (κ3) is 4.88. The molecule has 5 rings (SSSR count). The zero-order valence-corrected chi connectivity index (χ0v) is 18.4. The summed E-state index contributed by atoms with van der Waals surface area (Å²) in [4.78, 5) is 0. The van der Waals surface area contributed by atoms with Gasteiger partial charge in [-0.3, -0.25) is 0 Å². The Morgan fingerprint density at radius 1 is 0.963 bits per heavy atom. The van der Waals surface area contributed by atoms with Crippen molar-refractivity contribution in [1.29, 1.82) is 0 Å². The Hall–Kier alpha value is -1.46. The van der Waals surface area contributed by atoms with Crippen molar-refractivity contribution in [2.24, 2.45) is 0 Å². The minimum atomic E-state index is 0. The molecule has 1 atom stereocenters. The van der Waals surface area contributed by atoms with Gasteiger partial charge in [0.15, 0.2) is 0 Å². The van der Waals surface area contributed by atoms with Gasteiger partial charge in [-0.2, -0.15) is 29.7 Å². The van der Waals surface area contributed by atoms with Crippen molar-refractivity contribution in [2.45, 2.75) is 32.6 Å². The third-order valence-electron chi connectivity index (χ3n) is 5.22. The van der Waals surface area contributed by atoms with Gasteiger partial charge in [0.25, 0.3) is 0 Å². The Morgan fingerprint density at radius 2 is 1.78 bits per heavy atom. The van der Waals surface area contributed by atoms with E-state index < -0.39 is 0 Å². The molecule has 2 aliphatic rings. The van der Waals surface area contributed by atoms with E-state index in [9.17, 15) is 0 Å². The monoisotopic (exact) mass is 404 g/mol. The van der Waals surface area contributed by atoms with E-state index in [1.54, 1.807) is 5.57 Å². The van der Waals surface area contributed by atoms with Crippen LogP contribution in [0, 0.1) is 13.3 Å². The number of rotatable bonds is 2. The minimum absolute atomic E-state index is 0. The molecule has 3 aromatic carbocycles. The van der Waals surface area contributed by atoms with Crippen molar-refractivity contribution in [3.8, 4) is 0 Å². The van der Waals surface area contributed by atoms with Crippen LogP contribution < -0.4 is 10.6 Å². The first-order valence-electron chi connectivity index (χ1n) is 9.50. The van der Waals surface area contributed by atoms with Gasteiger partial charge in [0.05, 0.1) is 0 Å². The van der Waals surface area contributed by atoms with Crippen molar-refractivity contribution < 1.29 is 21.7 Å². The van der Waals surface area contributed by atoms with Crippen molar-refractivity contribution in [3.63, 3.8) is 0 Å². The molecule has 0 bridgehead atoms. The van der Waals surface area contributed by atoms with Crippen molar-refractivity contribution >= 4 is 30.0 Å².